The molecule has 1 nitrogen and oxygen atoms in total. The molecule has 0 aliphatic carbocycles. The van der Waals surface area contributed by atoms with Crippen LogP contribution in [0.1, 0.15) is 19.4 Å². The van der Waals surface area contributed by atoms with Crippen LogP contribution in [0.5, 0.6) is 0 Å². The van der Waals surface area contributed by atoms with Gasteiger partial charge in [-0.25, -0.2) is 0 Å². The molecule has 14 heavy (non-hydrogen) atoms. The van der Waals surface area contributed by atoms with Gasteiger partial charge in [0.25, 0.3) is 0 Å². The molecule has 0 unspecified atom stereocenters. The topological polar surface area (TPSA) is 9.23 Å². The van der Waals surface area contributed by atoms with Crippen LogP contribution in [0.3, 0.4) is 0 Å². The van der Waals surface area contributed by atoms with Gasteiger partial charge in [-0.3, -0.25) is 0 Å². The van der Waals surface area contributed by atoms with Crippen molar-refractivity contribution < 1.29 is 17.1 Å². The third-order valence-corrected chi connectivity index (χ3v) is 2.12. The summed E-state index contributed by atoms with van der Waals surface area (Å²) < 4.78 is 6.00. The van der Waals surface area contributed by atoms with E-state index < -0.39 is 0 Å². The molecule has 0 atom stereocenters. The van der Waals surface area contributed by atoms with Crippen LogP contribution < -0.4 is 12.4 Å². The molecular weight excluding hydrogens is 208 g/mol. The number of rotatable bonds is 3. The van der Waals surface area contributed by atoms with Crippen molar-refractivity contribution in [2.75, 3.05) is 13.2 Å². The van der Waals surface area contributed by atoms with Crippen molar-refractivity contribution >= 4 is 21.7 Å². The van der Waals surface area contributed by atoms with Crippen molar-refractivity contribution in [2.45, 2.75) is 18.4 Å². The second-order valence-electron chi connectivity index (χ2n) is 2.52. The summed E-state index contributed by atoms with van der Waals surface area (Å²) in [6.45, 7) is 5.67. The van der Waals surface area contributed by atoms with E-state index in [2.05, 4.69) is 24.3 Å². The van der Waals surface area contributed by atoms with Crippen molar-refractivity contribution in [3.63, 3.8) is 0 Å². The molecule has 0 amide bonds. The summed E-state index contributed by atoms with van der Waals surface area (Å²) >= 11 is 1.98. The summed E-state index contributed by atoms with van der Waals surface area (Å²) in [4.78, 5) is 0. The molecule has 76 valence electrons. The number of hydrogen-bond acceptors (Lipinski definition) is 1. The Balaban J connectivity index is 0. The van der Waals surface area contributed by atoms with E-state index in [0.29, 0.717) is 0 Å². The molecule has 1 aromatic rings. The fourth-order valence-electron chi connectivity index (χ4n) is 0.849. The van der Waals surface area contributed by atoms with Crippen molar-refractivity contribution in [1.82, 2.24) is 0 Å². The molecule has 0 spiro atoms. The third kappa shape index (κ3) is 10.3. The SMILES string of the molecule is CCOCC.[Cl-].[Mg+][CH2]c1ccccc1. The van der Waals surface area contributed by atoms with Crippen LogP contribution in [-0.2, 0) is 9.29 Å². The van der Waals surface area contributed by atoms with Crippen LogP contribution >= 0.6 is 0 Å². The van der Waals surface area contributed by atoms with Gasteiger partial charge in [0.2, 0.25) is 0 Å². The van der Waals surface area contributed by atoms with Crippen LogP contribution in [-0.4, -0.2) is 34.9 Å². The van der Waals surface area contributed by atoms with Gasteiger partial charge in [-0.1, -0.05) is 0 Å². The minimum absolute atomic E-state index is 0. The number of ether oxygens (including phenoxy) is 1. The number of benzene rings is 1. The maximum absolute atomic E-state index is 4.83. The Bertz CT molecular complexity index is 190. The average molecular weight is 225 g/mol. The molecule has 0 fully saturated rings. The number of halogens is 1. The summed E-state index contributed by atoms with van der Waals surface area (Å²) in [5.41, 5.74) is 1.42. The Morgan fingerprint density at radius 1 is 1.07 bits per heavy atom. The van der Waals surface area contributed by atoms with Gasteiger partial charge >= 0.3 is 62.2 Å². The Labute approximate surface area is 106 Å². The quantitative estimate of drug-likeness (QED) is 0.624. The van der Waals surface area contributed by atoms with E-state index in [9.17, 15) is 0 Å². The molecule has 1 rings (SSSR count). The van der Waals surface area contributed by atoms with Gasteiger partial charge in [-0.15, -0.1) is 0 Å². The van der Waals surface area contributed by atoms with E-state index in [0.717, 1.165) is 13.2 Å². The molecule has 0 saturated heterocycles. The zero-order valence-electron chi connectivity index (χ0n) is 9.00. The second-order valence-corrected chi connectivity index (χ2v) is 3.02. The van der Waals surface area contributed by atoms with Crippen LogP contribution in [0.2, 0.25) is 0 Å². The Morgan fingerprint density at radius 2 is 1.57 bits per heavy atom. The average Bonchev–Trinajstić information content (AvgIpc) is 2.21. The molecule has 0 saturated carbocycles. The summed E-state index contributed by atoms with van der Waals surface area (Å²) in [7, 11) is 0. The molecule has 0 heterocycles. The Morgan fingerprint density at radius 3 is 1.79 bits per heavy atom. The fraction of sp³-hybridized carbons (Fsp3) is 0.455. The first-order chi connectivity index (χ1) is 6.35. The van der Waals surface area contributed by atoms with Crippen LogP contribution in [0.15, 0.2) is 30.3 Å². The van der Waals surface area contributed by atoms with E-state index in [4.69, 9.17) is 4.74 Å². The van der Waals surface area contributed by atoms with Gasteiger partial charge in [-0.2, -0.15) is 0 Å². The summed E-state index contributed by atoms with van der Waals surface area (Å²) in [5.74, 6) is 0. The minimum atomic E-state index is 0. The third-order valence-electron chi connectivity index (χ3n) is 1.54. The van der Waals surface area contributed by atoms with Crippen LogP contribution in [0, 0.1) is 0 Å². The van der Waals surface area contributed by atoms with E-state index >= 15 is 0 Å². The molecule has 3 heteroatoms. The zero-order valence-corrected chi connectivity index (χ0v) is 11.2. The Kier molecular flexibility index (Phi) is 15.7. The monoisotopic (exact) mass is 224 g/mol. The summed E-state index contributed by atoms with van der Waals surface area (Å²) in [5, 5.41) is 0. The van der Waals surface area contributed by atoms with Crippen molar-refractivity contribution in [1.29, 1.82) is 0 Å². The molecule has 0 bridgehead atoms. The van der Waals surface area contributed by atoms with Crippen molar-refractivity contribution in [3.8, 4) is 0 Å². The summed E-state index contributed by atoms with van der Waals surface area (Å²) in [6.07, 6.45) is 0. The first-order valence-electron chi connectivity index (χ1n) is 4.76. The van der Waals surface area contributed by atoms with Gasteiger partial charge < -0.3 is 17.1 Å². The predicted octanol–water partition coefficient (Wildman–Crippen LogP) is -0.598. The van der Waals surface area contributed by atoms with Gasteiger partial charge in [-0.05, 0) is 13.8 Å². The predicted molar refractivity (Wildman–Crippen MR) is 58.1 cm³/mol. The van der Waals surface area contributed by atoms with Crippen molar-refractivity contribution in [2.24, 2.45) is 0 Å². The molecule has 0 N–H and O–H groups in total. The van der Waals surface area contributed by atoms with Crippen LogP contribution in [0.4, 0.5) is 0 Å². The molecule has 0 aliphatic rings. The standard InChI is InChI=1S/C7H7.C4H10O.ClH.Mg/c1-7-5-3-2-4-6-7;1-3-5-4-2;;/h2-6H,1H2;3-4H2,1-2H3;1H;/q;;;+1/p-1. The van der Waals surface area contributed by atoms with Gasteiger partial charge in [0.1, 0.15) is 0 Å². The van der Waals surface area contributed by atoms with Gasteiger partial charge in [0.05, 0.1) is 0 Å². The zero-order chi connectivity index (χ0) is 9.94. The van der Waals surface area contributed by atoms with E-state index in [1.807, 2.05) is 41.6 Å². The first kappa shape index (κ1) is 16.7. The maximum atomic E-state index is 4.83. The molecule has 0 aliphatic heterocycles. The molecular formula is C11H17ClMgO. The first-order valence-corrected chi connectivity index (χ1v) is 5.76. The van der Waals surface area contributed by atoms with E-state index in [1.54, 1.807) is 0 Å². The Hall–Kier alpha value is 0.236. The fourth-order valence-corrected chi connectivity index (χ4v) is 1.18. The number of hydrogen-bond donors (Lipinski definition) is 0. The molecule has 1 aromatic carbocycles. The molecule has 0 radical (unpaired) electrons. The van der Waals surface area contributed by atoms with Gasteiger partial charge in [0.15, 0.2) is 0 Å². The van der Waals surface area contributed by atoms with Gasteiger partial charge in [0, 0.05) is 13.2 Å². The molecule has 0 aromatic heterocycles. The van der Waals surface area contributed by atoms with E-state index in [-0.39, 0.29) is 12.4 Å². The van der Waals surface area contributed by atoms with Crippen LogP contribution in [0.25, 0.3) is 0 Å². The summed E-state index contributed by atoms with van der Waals surface area (Å²) in [6, 6.07) is 10.5. The second kappa shape index (κ2) is 13.2. The van der Waals surface area contributed by atoms with E-state index in [1.165, 1.54) is 10.1 Å². The van der Waals surface area contributed by atoms with Crippen molar-refractivity contribution in [3.05, 3.63) is 35.9 Å². The normalized spacial score (nSPS) is 8.29.